The molecule has 0 spiro atoms. The van der Waals surface area contributed by atoms with Crippen molar-refractivity contribution >= 4 is 23.6 Å². The van der Waals surface area contributed by atoms with Crippen LogP contribution >= 0.6 is 0 Å². The normalized spacial score (nSPS) is 21.7. The van der Waals surface area contributed by atoms with Crippen LogP contribution in [0.3, 0.4) is 0 Å². The van der Waals surface area contributed by atoms with E-state index in [9.17, 15) is 19.2 Å². The van der Waals surface area contributed by atoms with Crippen LogP contribution in [0.5, 0.6) is 0 Å². The Morgan fingerprint density at radius 1 is 0.756 bits per heavy atom. The lowest BCUT2D eigenvalue weighted by molar-refractivity contribution is -0.136. The number of piperidine rings is 2. The van der Waals surface area contributed by atoms with E-state index in [2.05, 4.69) is 75.8 Å². The summed E-state index contributed by atoms with van der Waals surface area (Å²) in [5.41, 5.74) is 4.50. The maximum absolute atomic E-state index is 13.5. The summed E-state index contributed by atoms with van der Waals surface area (Å²) in [6.45, 7) is 5.70. The van der Waals surface area contributed by atoms with Gasteiger partial charge in [-0.1, -0.05) is 60.7 Å². The molecule has 3 saturated heterocycles. The quantitative estimate of drug-likeness (QED) is 0.433. The van der Waals surface area contributed by atoms with E-state index in [1.807, 2.05) is 11.0 Å². The van der Waals surface area contributed by atoms with Gasteiger partial charge >= 0.3 is 0 Å². The number of piperazine rings is 1. The molecule has 0 aromatic heterocycles. The fourth-order valence-corrected chi connectivity index (χ4v) is 7.57. The van der Waals surface area contributed by atoms with Gasteiger partial charge in [0.15, 0.2) is 0 Å². The predicted octanol–water partition coefficient (Wildman–Crippen LogP) is 3.46. The highest BCUT2D eigenvalue weighted by Crippen LogP contribution is 2.32. The summed E-state index contributed by atoms with van der Waals surface area (Å²) in [5, 5.41) is 2.34. The number of nitrogens with zero attached hydrogens (tertiary/aromatic N) is 4. The third kappa shape index (κ3) is 5.90. The molecule has 4 aliphatic rings. The first-order chi connectivity index (χ1) is 22.0. The Bertz CT molecular complexity index is 1540. The average Bonchev–Trinajstić information content (AvgIpc) is 3.41. The zero-order valence-corrected chi connectivity index (χ0v) is 25.4. The first kappa shape index (κ1) is 29.4. The molecular formula is C36H39N5O4. The van der Waals surface area contributed by atoms with Crippen LogP contribution in [0, 0.1) is 0 Å². The van der Waals surface area contributed by atoms with Gasteiger partial charge in [-0.15, -0.1) is 0 Å². The highest BCUT2D eigenvalue weighted by atomic mass is 16.2. The molecule has 1 unspecified atom stereocenters. The molecule has 45 heavy (non-hydrogen) atoms. The predicted molar refractivity (Wildman–Crippen MR) is 169 cm³/mol. The third-order valence-corrected chi connectivity index (χ3v) is 9.98. The van der Waals surface area contributed by atoms with Crippen molar-refractivity contribution in [1.82, 2.24) is 24.9 Å². The summed E-state index contributed by atoms with van der Waals surface area (Å²) in [5.74, 6) is -0.973. The van der Waals surface area contributed by atoms with Crippen LogP contribution in [0.2, 0.25) is 0 Å². The van der Waals surface area contributed by atoms with Crippen molar-refractivity contribution in [2.75, 3.05) is 39.3 Å². The molecule has 1 N–H and O–H groups in total. The Kier molecular flexibility index (Phi) is 8.21. The molecule has 4 aliphatic heterocycles. The summed E-state index contributed by atoms with van der Waals surface area (Å²) in [4.78, 5) is 59.2. The number of imide groups is 1. The standard InChI is InChI=1S/C36H39N5O4/c42-32-14-13-31(34(43)37-32)41-24-28-23-27(11-12-30(28)36(41)45)35(44)40-17-15-29(16-18-40)38-19-21-39(22-20-38)33(25-7-3-1-4-8-25)26-9-5-2-6-10-26/h1-12,23,29,31,33H,13-22,24H2,(H,37,42,43). The monoisotopic (exact) mass is 605 g/mol. The van der Waals surface area contributed by atoms with Crippen molar-refractivity contribution in [2.45, 2.75) is 50.4 Å². The largest absolute Gasteiger partial charge is 0.339 e. The van der Waals surface area contributed by atoms with Gasteiger partial charge in [0.25, 0.3) is 11.8 Å². The first-order valence-corrected chi connectivity index (χ1v) is 16.1. The second-order valence-electron chi connectivity index (χ2n) is 12.6. The van der Waals surface area contributed by atoms with Gasteiger partial charge < -0.3 is 9.80 Å². The van der Waals surface area contributed by atoms with Gasteiger partial charge in [0.2, 0.25) is 11.8 Å². The molecule has 0 radical (unpaired) electrons. The van der Waals surface area contributed by atoms with Crippen LogP contribution in [-0.4, -0.2) is 94.6 Å². The minimum absolute atomic E-state index is 0.0125. The molecule has 9 heteroatoms. The number of hydrogen-bond donors (Lipinski definition) is 1. The SMILES string of the molecule is O=C1CCC(N2Cc3cc(C(=O)N4CCC(N5CCN(C(c6ccccc6)c6ccccc6)CC5)CC4)ccc3C2=O)C(=O)N1. The zero-order valence-electron chi connectivity index (χ0n) is 25.4. The molecule has 0 bridgehead atoms. The molecule has 4 amide bonds. The summed E-state index contributed by atoms with van der Waals surface area (Å²) in [6, 6.07) is 26.8. The van der Waals surface area contributed by atoms with E-state index in [1.54, 1.807) is 12.1 Å². The lowest BCUT2D eigenvalue weighted by atomic mass is 9.95. The van der Waals surface area contributed by atoms with E-state index in [0.29, 0.717) is 36.7 Å². The summed E-state index contributed by atoms with van der Waals surface area (Å²) in [6.07, 6.45) is 2.42. The number of amides is 4. The van der Waals surface area contributed by atoms with Crippen LogP contribution < -0.4 is 5.32 Å². The van der Waals surface area contributed by atoms with E-state index in [1.165, 1.54) is 16.0 Å². The van der Waals surface area contributed by atoms with E-state index in [4.69, 9.17) is 0 Å². The van der Waals surface area contributed by atoms with Gasteiger partial charge in [-0.05, 0) is 54.2 Å². The highest BCUT2D eigenvalue weighted by Gasteiger charge is 2.39. The lowest BCUT2D eigenvalue weighted by Gasteiger charge is -2.45. The van der Waals surface area contributed by atoms with E-state index in [-0.39, 0.29) is 36.7 Å². The number of fused-ring (bicyclic) bond motifs is 1. The van der Waals surface area contributed by atoms with Crippen LogP contribution in [-0.2, 0) is 16.1 Å². The molecule has 4 heterocycles. The number of nitrogens with one attached hydrogen (secondary N) is 1. The van der Waals surface area contributed by atoms with E-state index in [0.717, 1.165) is 44.6 Å². The van der Waals surface area contributed by atoms with Crippen molar-refractivity contribution in [3.63, 3.8) is 0 Å². The topological polar surface area (TPSA) is 93.3 Å². The Labute approximate surface area is 263 Å². The van der Waals surface area contributed by atoms with Gasteiger partial charge in [0.1, 0.15) is 6.04 Å². The van der Waals surface area contributed by atoms with Crippen LogP contribution in [0.15, 0.2) is 78.9 Å². The summed E-state index contributed by atoms with van der Waals surface area (Å²) >= 11 is 0. The average molecular weight is 606 g/mol. The summed E-state index contributed by atoms with van der Waals surface area (Å²) in [7, 11) is 0. The number of likely N-dealkylation sites (tertiary alicyclic amines) is 1. The molecule has 9 nitrogen and oxygen atoms in total. The molecule has 232 valence electrons. The van der Waals surface area contributed by atoms with Gasteiger partial charge in [-0.3, -0.25) is 34.3 Å². The molecule has 3 fully saturated rings. The molecule has 0 saturated carbocycles. The number of benzene rings is 3. The number of carbonyl (C=O) groups is 4. The smallest absolute Gasteiger partial charge is 0.255 e. The van der Waals surface area contributed by atoms with Crippen LogP contribution in [0.4, 0.5) is 0 Å². The molecule has 3 aromatic rings. The van der Waals surface area contributed by atoms with Crippen molar-refractivity contribution in [2.24, 2.45) is 0 Å². The fraction of sp³-hybridized carbons (Fsp3) is 0.389. The second kappa shape index (κ2) is 12.6. The molecule has 3 aromatic carbocycles. The van der Waals surface area contributed by atoms with Crippen LogP contribution in [0.25, 0.3) is 0 Å². The van der Waals surface area contributed by atoms with Gasteiger partial charge in [0.05, 0.1) is 6.04 Å². The Hall–Kier alpha value is -4.34. The highest BCUT2D eigenvalue weighted by molar-refractivity contribution is 6.06. The van der Waals surface area contributed by atoms with Crippen molar-refractivity contribution in [3.8, 4) is 0 Å². The van der Waals surface area contributed by atoms with Gasteiger partial charge in [0, 0.05) is 69.4 Å². The van der Waals surface area contributed by atoms with E-state index < -0.39 is 11.9 Å². The van der Waals surface area contributed by atoms with Gasteiger partial charge in [-0.2, -0.15) is 0 Å². The Morgan fingerprint density at radius 3 is 2.02 bits per heavy atom. The number of rotatable bonds is 6. The molecular weight excluding hydrogens is 566 g/mol. The van der Waals surface area contributed by atoms with Gasteiger partial charge in [-0.25, -0.2) is 0 Å². The molecule has 7 rings (SSSR count). The first-order valence-electron chi connectivity index (χ1n) is 16.1. The molecule has 0 aliphatic carbocycles. The summed E-state index contributed by atoms with van der Waals surface area (Å²) < 4.78 is 0. The maximum atomic E-state index is 13.5. The van der Waals surface area contributed by atoms with E-state index >= 15 is 0 Å². The lowest BCUT2D eigenvalue weighted by Crippen LogP contribution is -2.54. The number of hydrogen-bond acceptors (Lipinski definition) is 6. The Morgan fingerprint density at radius 2 is 1.40 bits per heavy atom. The zero-order chi connectivity index (χ0) is 30.9. The Balaban J connectivity index is 0.943. The van der Waals surface area contributed by atoms with Crippen molar-refractivity contribution < 1.29 is 19.2 Å². The van der Waals surface area contributed by atoms with Crippen molar-refractivity contribution in [3.05, 3.63) is 107 Å². The van der Waals surface area contributed by atoms with Crippen LogP contribution in [0.1, 0.15) is 69.1 Å². The minimum Gasteiger partial charge on any atom is -0.339 e. The van der Waals surface area contributed by atoms with Crippen molar-refractivity contribution in [1.29, 1.82) is 0 Å². The second-order valence-corrected chi connectivity index (χ2v) is 12.6. The maximum Gasteiger partial charge on any atom is 0.255 e. The third-order valence-electron chi connectivity index (χ3n) is 9.98. The molecule has 1 atom stereocenters. The number of carbonyl (C=O) groups excluding carboxylic acids is 4. The minimum atomic E-state index is -0.662. The fourth-order valence-electron chi connectivity index (χ4n) is 7.57.